The quantitative estimate of drug-likeness (QED) is 0.181. The summed E-state index contributed by atoms with van der Waals surface area (Å²) in [5, 5.41) is 0. The molecule has 4 nitrogen and oxygen atoms in total. The van der Waals surface area contributed by atoms with Crippen molar-refractivity contribution in [1.82, 2.24) is 19.5 Å². The Morgan fingerprint density at radius 2 is 0.976 bits per heavy atom. The Morgan fingerprint density at radius 1 is 0.537 bits per heavy atom. The minimum atomic E-state index is 0. The molecule has 0 unspecified atom stereocenters. The second-order valence-corrected chi connectivity index (χ2v) is 10.8. The minimum Gasteiger partial charge on any atom is -0.355 e. The molecule has 0 spiro atoms. The largest absolute Gasteiger partial charge is 0.355 e. The second-order valence-electron chi connectivity index (χ2n) is 10.8. The normalized spacial score (nSPS) is 12.3. The molecule has 0 aliphatic carbocycles. The molecular weight excluding hydrogens is 552 g/mol. The van der Waals surface area contributed by atoms with Crippen molar-refractivity contribution in [2.24, 2.45) is 0 Å². The summed E-state index contributed by atoms with van der Waals surface area (Å²) in [6, 6.07) is 2.39. The maximum atomic E-state index is 5.29. The fourth-order valence-electron chi connectivity index (χ4n) is 7.03. The third kappa shape index (κ3) is 5.06. The van der Waals surface area contributed by atoms with Gasteiger partial charge in [-0.1, -0.05) is 48.5 Å². The number of aromatic nitrogens is 4. The summed E-state index contributed by atoms with van der Waals surface area (Å²) in [4.78, 5) is 14.4. The van der Waals surface area contributed by atoms with Gasteiger partial charge >= 0.3 is 0 Å². The average Bonchev–Trinajstić information content (AvgIpc) is 3.77. The molecule has 41 heavy (non-hydrogen) atoms. The van der Waals surface area contributed by atoms with Gasteiger partial charge in [-0.15, -0.1) is 0 Å². The van der Waals surface area contributed by atoms with E-state index in [0.717, 1.165) is 74.3 Å². The molecule has 0 amide bonds. The molecule has 1 radical (unpaired) electrons. The number of nitrogens with one attached hydrogen (secondary N) is 1. The number of hydrogen-bond donors (Lipinski definition) is 1. The summed E-state index contributed by atoms with van der Waals surface area (Å²) < 4.78 is 2.62. The van der Waals surface area contributed by atoms with Crippen LogP contribution in [-0.4, -0.2) is 19.5 Å². The van der Waals surface area contributed by atoms with Crippen LogP contribution in [0, 0.1) is 0 Å². The molecule has 2 aliphatic rings. The van der Waals surface area contributed by atoms with Crippen LogP contribution >= 0.6 is 0 Å². The molecule has 0 aromatic carbocycles. The van der Waals surface area contributed by atoms with Gasteiger partial charge in [-0.25, -0.2) is 9.97 Å². The van der Waals surface area contributed by atoms with Crippen LogP contribution in [0.2, 0.25) is 0 Å². The smallest absolute Gasteiger partial charge is 0.0691 e. The third-order valence-electron chi connectivity index (χ3n) is 8.91. The van der Waals surface area contributed by atoms with Crippen molar-refractivity contribution < 1.29 is 17.1 Å². The van der Waals surface area contributed by atoms with E-state index in [9.17, 15) is 0 Å². The zero-order chi connectivity index (χ0) is 28.6. The summed E-state index contributed by atoms with van der Waals surface area (Å²) >= 11 is 0. The van der Waals surface area contributed by atoms with Crippen molar-refractivity contribution in [3.05, 3.63) is 67.8 Å². The summed E-state index contributed by atoms with van der Waals surface area (Å²) in [5.74, 6) is 0. The molecule has 5 heterocycles. The van der Waals surface area contributed by atoms with Gasteiger partial charge in [0.05, 0.1) is 28.3 Å². The summed E-state index contributed by atoms with van der Waals surface area (Å²) in [5.41, 5.74) is 19.2. The first-order valence-corrected chi connectivity index (χ1v) is 15.7. The summed E-state index contributed by atoms with van der Waals surface area (Å²) in [6.45, 7) is 19.2. The third-order valence-corrected chi connectivity index (χ3v) is 8.91. The molecule has 1 N–H and O–H groups in total. The Balaban J connectivity index is 0.00000387. The Morgan fingerprint density at radius 3 is 1.41 bits per heavy atom. The molecule has 3 aromatic rings. The maximum absolute atomic E-state index is 5.29. The van der Waals surface area contributed by atoms with Crippen LogP contribution in [-0.2, 0) is 68.6 Å². The van der Waals surface area contributed by atoms with Gasteiger partial charge in [0.25, 0.3) is 0 Å². The minimum absolute atomic E-state index is 0. The number of hydrogen-bond acceptors (Lipinski definition) is 2. The standard InChI is InChI=1S/C36H46N4.Cu/c1-9-22-21-33-26(13-5)31-18-17-29(37-31)25(12-4)30-19-20-32(38-30)27(14-6)35-23(10-2)24(11-3)36(40(35)16-8)28(15-7)34(22)39-33;/h17-21,39H,9-16H2,1-8H3;. The molecule has 2 aliphatic heterocycles. The zero-order valence-electron chi connectivity index (χ0n) is 26.2. The van der Waals surface area contributed by atoms with Crippen LogP contribution in [0.3, 0.4) is 0 Å². The van der Waals surface area contributed by atoms with Gasteiger partial charge in [-0.2, -0.15) is 0 Å². The average molecular weight is 598 g/mol. The van der Waals surface area contributed by atoms with Gasteiger partial charge in [0, 0.05) is 56.9 Å². The van der Waals surface area contributed by atoms with Crippen molar-refractivity contribution in [2.75, 3.05) is 0 Å². The Labute approximate surface area is 256 Å². The SMILES string of the molecule is CCc1c2nc(c(CC)c3cc(CC)c([nH]3)c(CC)c3c(CC)c(CC)c(c(CC)c4nc1C=C4)n3CC)C=C2.[Cu]. The van der Waals surface area contributed by atoms with Crippen LogP contribution in [0.25, 0.3) is 46.4 Å². The van der Waals surface area contributed by atoms with Crippen molar-refractivity contribution in [1.29, 1.82) is 0 Å². The van der Waals surface area contributed by atoms with E-state index in [4.69, 9.17) is 9.97 Å². The Kier molecular flexibility index (Phi) is 9.82. The Hall–Kier alpha value is -2.88. The van der Waals surface area contributed by atoms with E-state index in [2.05, 4.69) is 95.3 Å². The van der Waals surface area contributed by atoms with E-state index in [0.29, 0.717) is 0 Å². The van der Waals surface area contributed by atoms with E-state index in [-0.39, 0.29) is 17.1 Å². The number of fused-ring (bicyclic) bond motifs is 8. The molecular formula is C36H46CuN4. The van der Waals surface area contributed by atoms with E-state index >= 15 is 0 Å². The van der Waals surface area contributed by atoms with Gasteiger partial charge < -0.3 is 9.55 Å². The predicted octanol–water partition coefficient (Wildman–Crippen LogP) is 9.08. The number of nitrogens with zero attached hydrogens (tertiary/aromatic N) is 3. The van der Waals surface area contributed by atoms with Gasteiger partial charge in [-0.05, 0) is 104 Å². The summed E-state index contributed by atoms with van der Waals surface area (Å²) in [6.07, 6.45) is 15.6. The number of aryl methyl sites for hydroxylation is 7. The van der Waals surface area contributed by atoms with Gasteiger partial charge in [-0.3, -0.25) is 0 Å². The van der Waals surface area contributed by atoms with E-state index in [1.54, 1.807) is 0 Å². The maximum Gasteiger partial charge on any atom is 0.0691 e. The van der Waals surface area contributed by atoms with Gasteiger partial charge in [0.2, 0.25) is 0 Å². The molecule has 0 atom stereocenters. The molecule has 221 valence electrons. The number of aromatic amines is 1. The first kappa shape index (κ1) is 31.1. The monoisotopic (exact) mass is 597 g/mol. The van der Waals surface area contributed by atoms with Crippen molar-refractivity contribution in [2.45, 2.75) is 107 Å². The van der Waals surface area contributed by atoms with Crippen molar-refractivity contribution in [3.8, 4) is 0 Å². The van der Waals surface area contributed by atoms with Crippen LogP contribution in [0.1, 0.15) is 117 Å². The van der Waals surface area contributed by atoms with Gasteiger partial charge in [0.15, 0.2) is 0 Å². The second kappa shape index (κ2) is 13.0. The molecule has 0 fully saturated rings. The first-order valence-electron chi connectivity index (χ1n) is 15.7. The fourth-order valence-corrected chi connectivity index (χ4v) is 7.03. The molecule has 5 rings (SSSR count). The summed E-state index contributed by atoms with van der Waals surface area (Å²) in [7, 11) is 0. The van der Waals surface area contributed by atoms with Crippen LogP contribution in [0.5, 0.6) is 0 Å². The zero-order valence-corrected chi connectivity index (χ0v) is 27.1. The van der Waals surface area contributed by atoms with E-state index < -0.39 is 0 Å². The fraction of sp³-hybridized carbons (Fsp3) is 0.444. The number of rotatable bonds is 8. The number of H-pyrrole nitrogens is 1. The van der Waals surface area contributed by atoms with Crippen molar-refractivity contribution in [3.63, 3.8) is 0 Å². The first-order chi connectivity index (χ1) is 19.5. The molecule has 0 saturated heterocycles. The van der Waals surface area contributed by atoms with E-state index in [1.165, 1.54) is 61.0 Å². The van der Waals surface area contributed by atoms with Crippen LogP contribution in [0.4, 0.5) is 0 Å². The van der Waals surface area contributed by atoms with Crippen LogP contribution in [0.15, 0.2) is 6.07 Å². The Bertz CT molecular complexity index is 1680. The molecule has 5 heteroatoms. The molecule has 0 saturated carbocycles. The van der Waals surface area contributed by atoms with E-state index in [1.807, 2.05) is 0 Å². The molecule has 8 bridgehead atoms. The predicted molar refractivity (Wildman–Crippen MR) is 174 cm³/mol. The van der Waals surface area contributed by atoms with Gasteiger partial charge in [0.1, 0.15) is 0 Å². The molecule has 3 aromatic heterocycles. The van der Waals surface area contributed by atoms with Crippen LogP contribution < -0.4 is 0 Å². The van der Waals surface area contributed by atoms with Crippen molar-refractivity contribution >= 4 is 46.4 Å². The topological polar surface area (TPSA) is 46.5 Å².